The fourth-order valence-corrected chi connectivity index (χ4v) is 3.34. The van der Waals surface area contributed by atoms with Crippen molar-refractivity contribution in [2.75, 3.05) is 25.0 Å². The van der Waals surface area contributed by atoms with Gasteiger partial charge in [-0.15, -0.1) is 0 Å². The van der Waals surface area contributed by atoms with E-state index in [9.17, 15) is 9.59 Å². The Balaban J connectivity index is 1.94. The smallest absolute Gasteiger partial charge is 0.303 e. The number of piperidine rings is 1. The van der Waals surface area contributed by atoms with Gasteiger partial charge in [-0.25, -0.2) is 0 Å². The van der Waals surface area contributed by atoms with E-state index in [1.807, 2.05) is 37.8 Å². The minimum absolute atomic E-state index is 0.183. The first-order chi connectivity index (χ1) is 11.8. The van der Waals surface area contributed by atoms with Crippen LogP contribution < -0.4 is 5.32 Å². The number of rotatable bonds is 6. The number of carboxylic acid groups (broad SMARTS) is 1. The lowest BCUT2D eigenvalue weighted by molar-refractivity contribution is -0.140. The quantitative estimate of drug-likeness (QED) is 0.770. The summed E-state index contributed by atoms with van der Waals surface area (Å²) in [5.74, 6) is -0.0933. The van der Waals surface area contributed by atoms with E-state index in [1.165, 1.54) is 5.56 Å². The average molecular weight is 346 g/mol. The Hall–Kier alpha value is -2.04. The zero-order valence-corrected chi connectivity index (χ0v) is 15.5. The molecule has 1 aliphatic rings. The Morgan fingerprint density at radius 2 is 1.84 bits per heavy atom. The third kappa shape index (κ3) is 5.48. The van der Waals surface area contributed by atoms with Crippen LogP contribution in [0.25, 0.3) is 0 Å². The van der Waals surface area contributed by atoms with E-state index < -0.39 is 5.97 Å². The first kappa shape index (κ1) is 19.3. The molecule has 0 radical (unpaired) electrons. The molecule has 0 atom stereocenters. The zero-order chi connectivity index (χ0) is 18.4. The van der Waals surface area contributed by atoms with Crippen LogP contribution in [0.15, 0.2) is 24.3 Å². The normalized spacial score (nSPS) is 15.9. The van der Waals surface area contributed by atoms with Gasteiger partial charge >= 0.3 is 5.97 Å². The second-order valence-electron chi connectivity index (χ2n) is 7.83. The molecular formula is C20H30N2O3. The molecule has 5 heteroatoms. The van der Waals surface area contributed by atoms with Crippen LogP contribution in [0.1, 0.15) is 57.9 Å². The molecule has 2 N–H and O–H groups in total. The monoisotopic (exact) mass is 346 g/mol. The number of aliphatic carboxylic acids is 1. The van der Waals surface area contributed by atoms with E-state index in [-0.39, 0.29) is 17.7 Å². The Morgan fingerprint density at radius 1 is 1.20 bits per heavy atom. The zero-order valence-electron chi connectivity index (χ0n) is 15.5. The molecule has 1 aliphatic heterocycles. The highest BCUT2D eigenvalue weighted by molar-refractivity contribution is 5.81. The van der Waals surface area contributed by atoms with E-state index >= 15 is 0 Å². The predicted molar refractivity (Wildman–Crippen MR) is 99.8 cm³/mol. The topological polar surface area (TPSA) is 69.6 Å². The van der Waals surface area contributed by atoms with Crippen LogP contribution in [-0.2, 0) is 9.59 Å². The van der Waals surface area contributed by atoms with E-state index in [2.05, 4.69) is 17.4 Å². The van der Waals surface area contributed by atoms with Crippen molar-refractivity contribution in [2.24, 2.45) is 5.41 Å². The fraction of sp³-hybridized carbons (Fsp3) is 0.600. The molecule has 0 spiro atoms. The van der Waals surface area contributed by atoms with E-state index in [0.29, 0.717) is 18.9 Å². The van der Waals surface area contributed by atoms with Gasteiger partial charge in [0.25, 0.3) is 0 Å². The summed E-state index contributed by atoms with van der Waals surface area (Å²) in [7, 11) is 0. The molecule has 1 aromatic rings. The molecule has 1 heterocycles. The molecular weight excluding hydrogens is 316 g/mol. The molecule has 1 fully saturated rings. The standard InChI is InChI=1S/C20H30N2O3/c1-20(2,3)19(25)22-13-10-15(11-14-22)16-7-4-5-8-17(16)21-12-6-9-18(23)24/h4-5,7-8,15,21H,6,9-14H2,1-3H3,(H,23,24). The Labute approximate surface area is 150 Å². The second-order valence-corrected chi connectivity index (χ2v) is 7.83. The number of nitrogens with zero attached hydrogens (tertiary/aromatic N) is 1. The number of carboxylic acids is 1. The van der Waals surface area contributed by atoms with Crippen molar-refractivity contribution in [3.63, 3.8) is 0 Å². The number of likely N-dealkylation sites (tertiary alicyclic amines) is 1. The van der Waals surface area contributed by atoms with E-state index in [1.54, 1.807) is 0 Å². The number of amides is 1. The summed E-state index contributed by atoms with van der Waals surface area (Å²) in [5, 5.41) is 12.1. The molecule has 0 saturated carbocycles. The average Bonchev–Trinajstić information content (AvgIpc) is 2.57. The molecule has 1 saturated heterocycles. The molecule has 2 rings (SSSR count). The number of carbonyl (C=O) groups is 2. The third-order valence-electron chi connectivity index (χ3n) is 4.71. The van der Waals surface area contributed by atoms with Gasteiger partial charge in [0.05, 0.1) is 0 Å². The number of anilines is 1. The summed E-state index contributed by atoms with van der Waals surface area (Å²) in [6, 6.07) is 8.25. The highest BCUT2D eigenvalue weighted by Gasteiger charge is 2.31. The van der Waals surface area contributed by atoms with Crippen molar-refractivity contribution in [1.29, 1.82) is 0 Å². The fourth-order valence-electron chi connectivity index (χ4n) is 3.34. The number of para-hydroxylation sites is 1. The van der Waals surface area contributed by atoms with Gasteiger partial charge in [0.2, 0.25) is 5.91 Å². The molecule has 138 valence electrons. The Bertz CT molecular complexity index is 599. The van der Waals surface area contributed by atoms with Crippen molar-refractivity contribution < 1.29 is 14.7 Å². The lowest BCUT2D eigenvalue weighted by atomic mass is 9.86. The van der Waals surface area contributed by atoms with Gasteiger partial charge in [0, 0.05) is 37.2 Å². The van der Waals surface area contributed by atoms with Crippen LogP contribution in [0.4, 0.5) is 5.69 Å². The summed E-state index contributed by atoms with van der Waals surface area (Å²) < 4.78 is 0. The molecule has 0 bridgehead atoms. The van der Waals surface area contributed by atoms with Gasteiger partial charge in [-0.05, 0) is 36.8 Å². The second kappa shape index (κ2) is 8.37. The Morgan fingerprint density at radius 3 is 2.44 bits per heavy atom. The van der Waals surface area contributed by atoms with Crippen LogP contribution in [0.3, 0.4) is 0 Å². The van der Waals surface area contributed by atoms with Crippen molar-refractivity contribution in [3.05, 3.63) is 29.8 Å². The maximum Gasteiger partial charge on any atom is 0.303 e. The first-order valence-electron chi connectivity index (χ1n) is 9.13. The highest BCUT2D eigenvalue weighted by Crippen LogP contribution is 2.34. The van der Waals surface area contributed by atoms with Gasteiger partial charge < -0.3 is 15.3 Å². The number of nitrogens with one attached hydrogen (secondary N) is 1. The number of hydrogen-bond donors (Lipinski definition) is 2. The number of hydrogen-bond acceptors (Lipinski definition) is 3. The van der Waals surface area contributed by atoms with Crippen LogP contribution in [0.5, 0.6) is 0 Å². The minimum atomic E-state index is -0.758. The summed E-state index contributed by atoms with van der Waals surface area (Å²) >= 11 is 0. The summed E-state index contributed by atoms with van der Waals surface area (Å²) in [6.07, 6.45) is 2.73. The molecule has 1 aromatic carbocycles. The number of carbonyl (C=O) groups excluding carboxylic acids is 1. The molecule has 25 heavy (non-hydrogen) atoms. The minimum Gasteiger partial charge on any atom is -0.481 e. The van der Waals surface area contributed by atoms with Gasteiger partial charge in [0.15, 0.2) is 0 Å². The summed E-state index contributed by atoms with van der Waals surface area (Å²) in [6.45, 7) is 8.17. The summed E-state index contributed by atoms with van der Waals surface area (Å²) in [5.41, 5.74) is 2.05. The third-order valence-corrected chi connectivity index (χ3v) is 4.71. The Kier molecular flexibility index (Phi) is 6.45. The molecule has 5 nitrogen and oxygen atoms in total. The van der Waals surface area contributed by atoms with Crippen molar-refractivity contribution >= 4 is 17.6 Å². The largest absolute Gasteiger partial charge is 0.481 e. The van der Waals surface area contributed by atoms with Gasteiger partial charge in [-0.2, -0.15) is 0 Å². The maximum absolute atomic E-state index is 12.4. The molecule has 0 aliphatic carbocycles. The summed E-state index contributed by atoms with van der Waals surface area (Å²) in [4.78, 5) is 25.0. The van der Waals surface area contributed by atoms with Crippen molar-refractivity contribution in [1.82, 2.24) is 4.90 Å². The SMILES string of the molecule is CC(C)(C)C(=O)N1CCC(c2ccccc2NCCCC(=O)O)CC1. The van der Waals surface area contributed by atoms with Crippen LogP contribution in [0.2, 0.25) is 0 Å². The lowest BCUT2D eigenvalue weighted by Crippen LogP contribution is -2.43. The first-order valence-corrected chi connectivity index (χ1v) is 9.13. The highest BCUT2D eigenvalue weighted by atomic mass is 16.4. The van der Waals surface area contributed by atoms with Crippen molar-refractivity contribution in [2.45, 2.75) is 52.4 Å². The van der Waals surface area contributed by atoms with Crippen LogP contribution in [0, 0.1) is 5.41 Å². The number of benzene rings is 1. The maximum atomic E-state index is 12.4. The van der Waals surface area contributed by atoms with Crippen molar-refractivity contribution in [3.8, 4) is 0 Å². The lowest BCUT2D eigenvalue weighted by Gasteiger charge is -2.36. The molecule has 1 amide bonds. The predicted octanol–water partition coefficient (Wildman–Crippen LogP) is 3.72. The molecule has 0 unspecified atom stereocenters. The van der Waals surface area contributed by atoms with E-state index in [0.717, 1.165) is 31.6 Å². The van der Waals surface area contributed by atoms with Gasteiger partial charge in [0.1, 0.15) is 0 Å². The molecule has 0 aromatic heterocycles. The van der Waals surface area contributed by atoms with E-state index in [4.69, 9.17) is 5.11 Å². The van der Waals surface area contributed by atoms with Crippen LogP contribution in [-0.4, -0.2) is 41.5 Å². The van der Waals surface area contributed by atoms with Crippen LogP contribution >= 0.6 is 0 Å². The van der Waals surface area contributed by atoms with Gasteiger partial charge in [-0.1, -0.05) is 39.0 Å². The van der Waals surface area contributed by atoms with Gasteiger partial charge in [-0.3, -0.25) is 9.59 Å².